The molecule has 0 saturated carbocycles. The molecule has 1 fully saturated rings. The first-order valence-corrected chi connectivity index (χ1v) is 8.00. The van der Waals surface area contributed by atoms with E-state index in [1.54, 1.807) is 0 Å². The average molecular weight is 310 g/mol. The third kappa shape index (κ3) is 4.18. The van der Waals surface area contributed by atoms with Crippen LogP contribution in [0.15, 0.2) is 60.7 Å². The lowest BCUT2D eigenvalue weighted by Crippen LogP contribution is -2.42. The molecule has 2 unspecified atom stereocenters. The standard InChI is InChI=1S/C19H22N2O2/c22-17-11-18(20-12-17)19(23)21(13-15-7-3-1-4-8-15)14-16-9-5-2-6-10-16/h1-10,17-18,20,22H,11-14H2. The van der Waals surface area contributed by atoms with E-state index in [2.05, 4.69) is 5.32 Å². The molecule has 1 aliphatic heterocycles. The highest BCUT2D eigenvalue weighted by Crippen LogP contribution is 2.15. The Hall–Kier alpha value is -2.17. The average Bonchev–Trinajstić information content (AvgIpc) is 3.02. The van der Waals surface area contributed by atoms with E-state index in [1.807, 2.05) is 65.6 Å². The van der Waals surface area contributed by atoms with Crippen molar-refractivity contribution in [2.75, 3.05) is 6.54 Å². The van der Waals surface area contributed by atoms with Gasteiger partial charge in [-0.2, -0.15) is 0 Å². The van der Waals surface area contributed by atoms with Gasteiger partial charge in [0.25, 0.3) is 0 Å². The molecule has 4 heteroatoms. The predicted octanol–water partition coefficient (Wildman–Crippen LogP) is 1.94. The Morgan fingerprint density at radius 1 is 1.00 bits per heavy atom. The van der Waals surface area contributed by atoms with Gasteiger partial charge in [-0.15, -0.1) is 0 Å². The molecule has 3 rings (SSSR count). The SMILES string of the molecule is O=C(C1CC(O)CN1)N(Cc1ccccc1)Cc1ccccc1. The van der Waals surface area contributed by atoms with E-state index < -0.39 is 6.10 Å². The number of nitrogens with one attached hydrogen (secondary N) is 1. The van der Waals surface area contributed by atoms with Gasteiger partial charge in [0.1, 0.15) is 0 Å². The van der Waals surface area contributed by atoms with Crippen molar-refractivity contribution >= 4 is 5.91 Å². The van der Waals surface area contributed by atoms with E-state index in [1.165, 1.54) is 0 Å². The smallest absolute Gasteiger partial charge is 0.240 e. The van der Waals surface area contributed by atoms with E-state index in [-0.39, 0.29) is 11.9 Å². The van der Waals surface area contributed by atoms with Crippen LogP contribution in [0.4, 0.5) is 0 Å². The maximum Gasteiger partial charge on any atom is 0.240 e. The number of carbonyl (C=O) groups is 1. The van der Waals surface area contributed by atoms with Gasteiger partial charge in [0.05, 0.1) is 12.1 Å². The van der Waals surface area contributed by atoms with Gasteiger partial charge in [0, 0.05) is 19.6 Å². The largest absolute Gasteiger partial charge is 0.392 e. The van der Waals surface area contributed by atoms with Gasteiger partial charge in [-0.3, -0.25) is 4.79 Å². The normalized spacial score (nSPS) is 20.4. The van der Waals surface area contributed by atoms with Crippen LogP contribution in [0.3, 0.4) is 0 Å². The number of aliphatic hydroxyl groups excluding tert-OH is 1. The number of hydrogen-bond acceptors (Lipinski definition) is 3. The Bertz CT molecular complexity index is 589. The molecule has 120 valence electrons. The Balaban J connectivity index is 1.76. The summed E-state index contributed by atoms with van der Waals surface area (Å²) in [4.78, 5) is 14.7. The molecule has 0 aromatic heterocycles. The zero-order valence-corrected chi connectivity index (χ0v) is 13.1. The van der Waals surface area contributed by atoms with E-state index >= 15 is 0 Å². The van der Waals surface area contributed by atoms with Crippen LogP contribution in [0.2, 0.25) is 0 Å². The zero-order valence-electron chi connectivity index (χ0n) is 13.1. The van der Waals surface area contributed by atoms with Crippen molar-refractivity contribution in [3.63, 3.8) is 0 Å². The first-order chi connectivity index (χ1) is 11.2. The molecule has 0 bridgehead atoms. The second kappa shape index (κ2) is 7.40. The number of benzene rings is 2. The second-order valence-electron chi connectivity index (χ2n) is 6.02. The van der Waals surface area contributed by atoms with Gasteiger partial charge in [0.15, 0.2) is 0 Å². The molecule has 1 heterocycles. The number of amides is 1. The number of β-amino-alcohol motifs (C(OH)–C–C–N with tert-alkyl or cyclic N) is 1. The van der Waals surface area contributed by atoms with Crippen LogP contribution in [-0.2, 0) is 17.9 Å². The third-order valence-corrected chi connectivity index (χ3v) is 4.15. The Labute approximate surface area is 136 Å². The van der Waals surface area contributed by atoms with Crippen LogP contribution in [0.25, 0.3) is 0 Å². The first-order valence-electron chi connectivity index (χ1n) is 8.00. The molecule has 0 spiro atoms. The molecule has 2 N–H and O–H groups in total. The minimum absolute atomic E-state index is 0.0502. The molecule has 1 amide bonds. The van der Waals surface area contributed by atoms with Crippen molar-refractivity contribution in [1.29, 1.82) is 0 Å². The molecule has 0 radical (unpaired) electrons. The van der Waals surface area contributed by atoms with Gasteiger partial charge in [0.2, 0.25) is 5.91 Å². The van der Waals surface area contributed by atoms with Crippen molar-refractivity contribution in [3.8, 4) is 0 Å². The van der Waals surface area contributed by atoms with Gasteiger partial charge < -0.3 is 15.3 Å². The lowest BCUT2D eigenvalue weighted by molar-refractivity contribution is -0.134. The van der Waals surface area contributed by atoms with Crippen LogP contribution in [0.5, 0.6) is 0 Å². The van der Waals surface area contributed by atoms with Gasteiger partial charge in [-0.1, -0.05) is 60.7 Å². The van der Waals surface area contributed by atoms with E-state index in [0.29, 0.717) is 26.1 Å². The number of nitrogens with zero attached hydrogens (tertiary/aromatic N) is 1. The van der Waals surface area contributed by atoms with Crippen LogP contribution in [0.1, 0.15) is 17.5 Å². The molecule has 2 aromatic rings. The fraction of sp³-hybridized carbons (Fsp3) is 0.316. The summed E-state index contributed by atoms with van der Waals surface area (Å²) in [6.45, 7) is 1.63. The van der Waals surface area contributed by atoms with Crippen LogP contribution in [0, 0.1) is 0 Å². The topological polar surface area (TPSA) is 52.6 Å². The summed E-state index contributed by atoms with van der Waals surface area (Å²) in [6, 6.07) is 19.7. The third-order valence-electron chi connectivity index (χ3n) is 4.15. The Morgan fingerprint density at radius 3 is 1.96 bits per heavy atom. The summed E-state index contributed by atoms with van der Waals surface area (Å²) >= 11 is 0. The molecule has 2 aromatic carbocycles. The maximum absolute atomic E-state index is 12.9. The van der Waals surface area contributed by atoms with Gasteiger partial charge in [-0.05, 0) is 17.5 Å². The molecular formula is C19H22N2O2. The van der Waals surface area contributed by atoms with Crippen molar-refractivity contribution in [1.82, 2.24) is 10.2 Å². The molecule has 0 aliphatic carbocycles. The quantitative estimate of drug-likeness (QED) is 0.887. The van der Waals surface area contributed by atoms with Crippen LogP contribution in [-0.4, -0.2) is 34.6 Å². The summed E-state index contributed by atoms with van der Waals surface area (Å²) in [6.07, 6.45) is 0.0538. The van der Waals surface area contributed by atoms with Crippen molar-refractivity contribution in [3.05, 3.63) is 71.8 Å². The highest BCUT2D eigenvalue weighted by Gasteiger charge is 2.31. The molecule has 2 atom stereocenters. The second-order valence-corrected chi connectivity index (χ2v) is 6.02. The maximum atomic E-state index is 12.9. The first kappa shape index (κ1) is 15.7. The summed E-state index contributed by atoms with van der Waals surface area (Å²) in [7, 11) is 0. The Morgan fingerprint density at radius 2 is 1.52 bits per heavy atom. The number of carbonyl (C=O) groups excluding carboxylic acids is 1. The molecular weight excluding hydrogens is 288 g/mol. The molecule has 23 heavy (non-hydrogen) atoms. The fourth-order valence-electron chi connectivity index (χ4n) is 2.94. The summed E-state index contributed by atoms with van der Waals surface area (Å²) < 4.78 is 0. The summed E-state index contributed by atoms with van der Waals surface area (Å²) in [5, 5.41) is 12.8. The highest BCUT2D eigenvalue weighted by atomic mass is 16.3. The van der Waals surface area contributed by atoms with Gasteiger partial charge in [-0.25, -0.2) is 0 Å². The minimum atomic E-state index is -0.431. The van der Waals surface area contributed by atoms with Crippen molar-refractivity contribution in [2.45, 2.75) is 31.7 Å². The Kier molecular flexibility index (Phi) is 5.05. The molecule has 1 saturated heterocycles. The lowest BCUT2D eigenvalue weighted by atomic mass is 10.1. The minimum Gasteiger partial charge on any atom is -0.392 e. The van der Waals surface area contributed by atoms with Crippen molar-refractivity contribution < 1.29 is 9.90 Å². The van der Waals surface area contributed by atoms with Crippen LogP contribution < -0.4 is 5.32 Å². The van der Waals surface area contributed by atoms with Gasteiger partial charge >= 0.3 is 0 Å². The summed E-state index contributed by atoms with van der Waals surface area (Å²) in [5.74, 6) is 0.0502. The van der Waals surface area contributed by atoms with Crippen LogP contribution >= 0.6 is 0 Å². The number of hydrogen-bond donors (Lipinski definition) is 2. The number of rotatable bonds is 5. The van der Waals surface area contributed by atoms with E-state index in [9.17, 15) is 9.90 Å². The fourth-order valence-corrected chi connectivity index (χ4v) is 2.94. The molecule has 1 aliphatic rings. The lowest BCUT2D eigenvalue weighted by Gasteiger charge is -2.26. The number of aliphatic hydroxyl groups is 1. The zero-order chi connectivity index (χ0) is 16.1. The monoisotopic (exact) mass is 310 g/mol. The molecule has 4 nitrogen and oxygen atoms in total. The highest BCUT2D eigenvalue weighted by molar-refractivity contribution is 5.82. The van der Waals surface area contributed by atoms with E-state index in [0.717, 1.165) is 11.1 Å². The summed E-state index contributed by atoms with van der Waals surface area (Å²) in [5.41, 5.74) is 2.21. The predicted molar refractivity (Wildman–Crippen MR) is 89.6 cm³/mol. The van der Waals surface area contributed by atoms with E-state index in [4.69, 9.17) is 0 Å². The van der Waals surface area contributed by atoms with Crippen molar-refractivity contribution in [2.24, 2.45) is 0 Å².